The molecule has 2 heterocycles. The molecule has 1 unspecified atom stereocenters. The van der Waals surface area contributed by atoms with Crippen molar-refractivity contribution in [3.8, 4) is 5.75 Å². The summed E-state index contributed by atoms with van der Waals surface area (Å²) in [6, 6.07) is 16.6. The number of aliphatic hydroxyl groups excluding tert-OH is 1. The highest BCUT2D eigenvalue weighted by Crippen LogP contribution is 2.41. The number of carbonyl (C=O) groups is 2. The van der Waals surface area contributed by atoms with Crippen LogP contribution in [0.3, 0.4) is 0 Å². The summed E-state index contributed by atoms with van der Waals surface area (Å²) in [5.41, 5.74) is 1.88. The Balaban J connectivity index is 1.79. The van der Waals surface area contributed by atoms with Gasteiger partial charge in [-0.2, -0.15) is 0 Å². The monoisotopic (exact) mass is 476 g/mol. The van der Waals surface area contributed by atoms with Crippen molar-refractivity contribution in [1.29, 1.82) is 0 Å². The zero-order valence-corrected chi connectivity index (χ0v) is 19.5. The molecule has 174 valence electrons. The molecule has 3 aromatic rings. The SMILES string of the molecule is CCCCOc1cccc(/C(O)=C2\C(=O)C(=O)N(Cc3ccncc3)C2c2cccc(Cl)c2)c1. The van der Waals surface area contributed by atoms with Crippen molar-refractivity contribution in [2.75, 3.05) is 6.61 Å². The third-order valence-corrected chi connectivity index (χ3v) is 5.92. The van der Waals surface area contributed by atoms with E-state index in [0.717, 1.165) is 18.4 Å². The number of likely N-dealkylation sites (tertiary alicyclic amines) is 1. The van der Waals surface area contributed by atoms with Crippen molar-refractivity contribution in [3.63, 3.8) is 0 Å². The lowest BCUT2D eigenvalue weighted by molar-refractivity contribution is -0.140. The molecule has 1 fully saturated rings. The zero-order chi connectivity index (χ0) is 24.1. The predicted molar refractivity (Wildman–Crippen MR) is 130 cm³/mol. The Morgan fingerprint density at radius 3 is 2.59 bits per heavy atom. The summed E-state index contributed by atoms with van der Waals surface area (Å²) in [4.78, 5) is 31.8. The maximum atomic E-state index is 13.2. The first-order chi connectivity index (χ1) is 16.5. The van der Waals surface area contributed by atoms with Crippen LogP contribution in [0.1, 0.15) is 42.5 Å². The van der Waals surface area contributed by atoms with Crippen LogP contribution in [0.4, 0.5) is 0 Å². The van der Waals surface area contributed by atoms with Crippen molar-refractivity contribution in [1.82, 2.24) is 9.88 Å². The topological polar surface area (TPSA) is 79.7 Å². The quantitative estimate of drug-likeness (QED) is 0.200. The van der Waals surface area contributed by atoms with E-state index in [0.29, 0.717) is 28.5 Å². The van der Waals surface area contributed by atoms with Gasteiger partial charge >= 0.3 is 0 Å². The van der Waals surface area contributed by atoms with Gasteiger partial charge < -0.3 is 14.7 Å². The lowest BCUT2D eigenvalue weighted by atomic mass is 9.95. The van der Waals surface area contributed by atoms with Crippen LogP contribution in [0.15, 0.2) is 78.6 Å². The lowest BCUT2D eigenvalue weighted by Crippen LogP contribution is -2.29. The number of benzene rings is 2. The average Bonchev–Trinajstić information content (AvgIpc) is 3.09. The van der Waals surface area contributed by atoms with Gasteiger partial charge in [0.2, 0.25) is 0 Å². The third kappa shape index (κ3) is 4.97. The van der Waals surface area contributed by atoms with Gasteiger partial charge in [-0.3, -0.25) is 14.6 Å². The summed E-state index contributed by atoms with van der Waals surface area (Å²) in [7, 11) is 0. The number of ether oxygens (including phenoxy) is 1. The highest BCUT2D eigenvalue weighted by Gasteiger charge is 2.46. The molecule has 2 aromatic carbocycles. The lowest BCUT2D eigenvalue weighted by Gasteiger charge is -2.25. The van der Waals surface area contributed by atoms with Gasteiger partial charge in [-0.05, 0) is 53.9 Å². The van der Waals surface area contributed by atoms with Crippen molar-refractivity contribution in [2.24, 2.45) is 0 Å². The number of aliphatic hydroxyl groups is 1. The molecule has 1 N–H and O–H groups in total. The molecule has 1 aromatic heterocycles. The number of halogens is 1. The molecule has 1 saturated heterocycles. The number of aromatic nitrogens is 1. The number of hydrogen-bond donors (Lipinski definition) is 1. The van der Waals surface area contributed by atoms with Gasteiger partial charge in [0, 0.05) is 29.5 Å². The van der Waals surface area contributed by atoms with Crippen molar-refractivity contribution in [3.05, 3.63) is 100 Å². The van der Waals surface area contributed by atoms with Crippen LogP contribution >= 0.6 is 11.6 Å². The van der Waals surface area contributed by atoms with E-state index in [4.69, 9.17) is 16.3 Å². The van der Waals surface area contributed by atoms with E-state index >= 15 is 0 Å². The van der Waals surface area contributed by atoms with E-state index in [2.05, 4.69) is 11.9 Å². The Labute approximate surface area is 203 Å². The summed E-state index contributed by atoms with van der Waals surface area (Å²) < 4.78 is 5.76. The number of hydrogen-bond acceptors (Lipinski definition) is 5. The second-order valence-corrected chi connectivity index (χ2v) is 8.50. The van der Waals surface area contributed by atoms with Crippen LogP contribution in [0.5, 0.6) is 5.75 Å². The molecular formula is C27H25ClN2O4. The fraction of sp³-hybridized carbons (Fsp3) is 0.222. The number of pyridine rings is 1. The molecule has 1 aliphatic rings. The van der Waals surface area contributed by atoms with Gasteiger partial charge in [0.15, 0.2) is 0 Å². The molecule has 0 saturated carbocycles. The number of rotatable bonds is 8. The molecule has 0 radical (unpaired) electrons. The number of carbonyl (C=O) groups excluding carboxylic acids is 2. The van der Waals surface area contributed by atoms with Crippen molar-refractivity contribution >= 4 is 29.1 Å². The van der Waals surface area contributed by atoms with Gasteiger partial charge in [0.05, 0.1) is 18.2 Å². The average molecular weight is 477 g/mol. The van der Waals surface area contributed by atoms with Crippen LogP contribution in [0.25, 0.3) is 5.76 Å². The first-order valence-electron chi connectivity index (χ1n) is 11.2. The largest absolute Gasteiger partial charge is 0.507 e. The van der Waals surface area contributed by atoms with Crippen molar-refractivity contribution < 1.29 is 19.4 Å². The molecular weight excluding hydrogens is 452 g/mol. The Kier molecular flexibility index (Phi) is 7.28. The number of unbranched alkanes of at least 4 members (excludes halogenated alkanes) is 1. The van der Waals surface area contributed by atoms with E-state index in [1.165, 1.54) is 4.90 Å². The molecule has 1 atom stereocenters. The number of nitrogens with zero attached hydrogens (tertiary/aromatic N) is 2. The molecule has 6 nitrogen and oxygen atoms in total. The highest BCUT2D eigenvalue weighted by molar-refractivity contribution is 6.46. The number of ketones is 1. The number of amides is 1. The second-order valence-electron chi connectivity index (χ2n) is 8.07. The number of Topliss-reactive ketones (excluding diaryl/α,β-unsaturated/α-hetero) is 1. The van der Waals surface area contributed by atoms with E-state index in [1.807, 2.05) is 0 Å². The first kappa shape index (κ1) is 23.5. The van der Waals surface area contributed by atoms with Crippen LogP contribution in [0, 0.1) is 0 Å². The summed E-state index contributed by atoms with van der Waals surface area (Å²) in [6.45, 7) is 2.81. The zero-order valence-electron chi connectivity index (χ0n) is 18.8. The van der Waals surface area contributed by atoms with E-state index in [9.17, 15) is 14.7 Å². The van der Waals surface area contributed by atoms with Gasteiger partial charge in [-0.15, -0.1) is 0 Å². The summed E-state index contributed by atoms with van der Waals surface area (Å²) in [6.07, 6.45) is 5.17. The molecule has 4 rings (SSSR count). The Morgan fingerprint density at radius 2 is 1.85 bits per heavy atom. The van der Waals surface area contributed by atoms with Gasteiger partial charge in [0.1, 0.15) is 11.5 Å². The minimum atomic E-state index is -0.795. The minimum Gasteiger partial charge on any atom is -0.507 e. The third-order valence-electron chi connectivity index (χ3n) is 5.68. The minimum absolute atomic E-state index is 0.0204. The molecule has 0 aliphatic carbocycles. The van der Waals surface area contributed by atoms with E-state index in [-0.39, 0.29) is 17.9 Å². The van der Waals surface area contributed by atoms with E-state index in [1.54, 1.807) is 73.1 Å². The molecule has 1 aliphatic heterocycles. The van der Waals surface area contributed by atoms with Crippen molar-refractivity contribution in [2.45, 2.75) is 32.4 Å². The maximum absolute atomic E-state index is 13.2. The fourth-order valence-electron chi connectivity index (χ4n) is 3.97. The Hall–Kier alpha value is -3.64. The van der Waals surface area contributed by atoms with Gasteiger partial charge in [-0.25, -0.2) is 0 Å². The maximum Gasteiger partial charge on any atom is 0.295 e. The summed E-state index contributed by atoms with van der Waals surface area (Å²) in [5.74, 6) is -1.09. The van der Waals surface area contributed by atoms with Crippen LogP contribution < -0.4 is 4.74 Å². The van der Waals surface area contributed by atoms with Crippen LogP contribution in [-0.2, 0) is 16.1 Å². The van der Waals surface area contributed by atoms with E-state index < -0.39 is 17.7 Å². The molecule has 0 bridgehead atoms. The first-order valence-corrected chi connectivity index (χ1v) is 11.5. The normalized spacial score (nSPS) is 17.2. The van der Waals surface area contributed by atoms with Gasteiger partial charge in [0.25, 0.3) is 11.7 Å². The molecule has 1 amide bonds. The molecule has 34 heavy (non-hydrogen) atoms. The highest BCUT2D eigenvalue weighted by atomic mass is 35.5. The smallest absolute Gasteiger partial charge is 0.295 e. The predicted octanol–water partition coefficient (Wildman–Crippen LogP) is 5.54. The fourth-order valence-corrected chi connectivity index (χ4v) is 4.17. The molecule has 7 heteroatoms. The summed E-state index contributed by atoms with van der Waals surface area (Å²) >= 11 is 6.24. The standard InChI is InChI=1S/C27H25ClN2O4/c1-2-3-14-34-22-9-5-7-20(16-22)25(31)23-24(19-6-4-8-21(28)15-19)30(27(33)26(23)32)17-18-10-12-29-13-11-18/h4-13,15-16,24,31H,2-3,14,17H2,1H3/b25-23+. The Bertz CT molecular complexity index is 1230. The van der Waals surface area contributed by atoms with Gasteiger partial charge in [-0.1, -0.05) is 49.2 Å². The second kappa shape index (κ2) is 10.5. The molecule has 0 spiro atoms. The Morgan fingerprint density at radius 1 is 1.09 bits per heavy atom. The van der Waals surface area contributed by atoms with Crippen LogP contribution in [0.2, 0.25) is 5.02 Å². The van der Waals surface area contributed by atoms with Crippen LogP contribution in [-0.4, -0.2) is 33.3 Å². The summed E-state index contributed by atoms with van der Waals surface area (Å²) in [5, 5.41) is 11.7.